The number of carbonyl (C=O) groups is 1. The smallest absolute Gasteiger partial charge is 0.403 e. The van der Waals surface area contributed by atoms with Crippen molar-refractivity contribution in [3.8, 4) is 0 Å². The fraction of sp³-hybridized carbons (Fsp3) is 0.333. The van der Waals surface area contributed by atoms with E-state index in [1.807, 2.05) is 0 Å². The minimum Gasteiger partial charge on any atom is -0.403 e. The normalized spacial score (nSPS) is 20.4. The number of nitrogens with zero attached hydrogens (tertiary/aromatic N) is 5. The molecule has 10 nitrogen and oxygen atoms in total. The first-order valence-electron chi connectivity index (χ1n) is 6.70. The number of Topliss-reactive ketones (excluding diaryl/α,β-unsaturated/α-hetero) is 1. The van der Waals surface area contributed by atoms with Gasteiger partial charge < -0.3 is 9.73 Å². The van der Waals surface area contributed by atoms with Crippen molar-refractivity contribution in [3.63, 3.8) is 0 Å². The molecule has 0 saturated carbocycles. The lowest BCUT2D eigenvalue weighted by Gasteiger charge is -2.29. The second kappa shape index (κ2) is 4.48. The van der Waals surface area contributed by atoms with Gasteiger partial charge in [-0.1, -0.05) is 5.10 Å². The molecule has 0 radical (unpaired) electrons. The molecule has 3 heterocycles. The number of anilines is 1. The maximum atomic E-state index is 12.3. The van der Waals surface area contributed by atoms with Gasteiger partial charge in [-0.3, -0.25) is 14.9 Å². The Morgan fingerprint density at radius 3 is 3.05 bits per heavy atom. The number of nitro groups is 1. The topological polar surface area (TPSA) is 129 Å². The summed E-state index contributed by atoms with van der Waals surface area (Å²) >= 11 is 0. The molecule has 112 valence electrons. The van der Waals surface area contributed by atoms with Crippen LogP contribution in [0, 0.1) is 10.1 Å². The molecular formula is C12H10N6O4. The lowest BCUT2D eigenvalue weighted by molar-refractivity contribution is -0.402. The van der Waals surface area contributed by atoms with Crippen molar-refractivity contribution in [1.29, 1.82) is 0 Å². The first-order valence-corrected chi connectivity index (χ1v) is 6.70. The number of ketones is 1. The van der Waals surface area contributed by atoms with Gasteiger partial charge in [-0.15, -0.1) is 0 Å². The van der Waals surface area contributed by atoms with Crippen LogP contribution in [0.25, 0.3) is 0 Å². The molecule has 2 aromatic heterocycles. The predicted molar refractivity (Wildman–Crippen MR) is 70.8 cm³/mol. The quantitative estimate of drug-likeness (QED) is 0.647. The third-order valence-corrected chi connectivity index (χ3v) is 3.79. The first-order chi connectivity index (χ1) is 10.6. The van der Waals surface area contributed by atoms with Crippen LogP contribution >= 0.6 is 0 Å². The van der Waals surface area contributed by atoms with Crippen LogP contribution in [0.15, 0.2) is 27.8 Å². The maximum Gasteiger partial charge on any atom is 0.433 e. The van der Waals surface area contributed by atoms with Crippen molar-refractivity contribution in [2.45, 2.75) is 25.3 Å². The molecule has 0 saturated heterocycles. The molecule has 0 fully saturated rings. The summed E-state index contributed by atoms with van der Waals surface area (Å²) in [4.78, 5) is 22.5. The van der Waals surface area contributed by atoms with E-state index >= 15 is 0 Å². The van der Waals surface area contributed by atoms with Crippen LogP contribution in [0.2, 0.25) is 0 Å². The number of aromatic nitrogens is 4. The van der Waals surface area contributed by atoms with Crippen molar-refractivity contribution < 1.29 is 14.1 Å². The van der Waals surface area contributed by atoms with Crippen LogP contribution in [-0.4, -0.2) is 30.9 Å². The number of fused-ring (bicyclic) bond motifs is 1. The van der Waals surface area contributed by atoms with Gasteiger partial charge in [0.05, 0.1) is 6.07 Å². The Morgan fingerprint density at radius 2 is 2.27 bits per heavy atom. The number of carbonyl (C=O) groups excluding carboxylic acids is 1. The van der Waals surface area contributed by atoms with Crippen LogP contribution < -0.4 is 5.32 Å². The summed E-state index contributed by atoms with van der Waals surface area (Å²) in [6, 6.07) is 2.06. The summed E-state index contributed by atoms with van der Waals surface area (Å²) in [6.07, 6.45) is 1.88. The average Bonchev–Trinajstić information content (AvgIpc) is 3.14. The van der Waals surface area contributed by atoms with E-state index in [-0.39, 0.29) is 17.4 Å². The Labute approximate surface area is 122 Å². The van der Waals surface area contributed by atoms with Crippen LogP contribution in [0.1, 0.15) is 31.1 Å². The van der Waals surface area contributed by atoms with Gasteiger partial charge in [0.15, 0.2) is 5.78 Å². The molecule has 1 atom stereocenters. The molecule has 1 unspecified atom stereocenters. The van der Waals surface area contributed by atoms with Gasteiger partial charge in [0.1, 0.15) is 16.7 Å². The number of rotatable bonds is 2. The van der Waals surface area contributed by atoms with E-state index in [0.29, 0.717) is 24.4 Å². The van der Waals surface area contributed by atoms with E-state index in [2.05, 4.69) is 20.8 Å². The SMILES string of the molecule is O=C1CCCC2=C1C(c1ccc([N+](=O)[O-])o1)n1nnnc1N2. The molecular weight excluding hydrogens is 292 g/mol. The fourth-order valence-electron chi connectivity index (χ4n) is 2.87. The molecule has 10 heteroatoms. The lowest BCUT2D eigenvalue weighted by Crippen LogP contribution is -2.31. The molecule has 0 bridgehead atoms. The molecule has 1 N–H and O–H groups in total. The van der Waals surface area contributed by atoms with Crippen molar-refractivity contribution in [2.24, 2.45) is 0 Å². The van der Waals surface area contributed by atoms with Gasteiger partial charge in [-0.25, -0.2) is 0 Å². The zero-order valence-corrected chi connectivity index (χ0v) is 11.2. The van der Waals surface area contributed by atoms with E-state index < -0.39 is 11.0 Å². The van der Waals surface area contributed by atoms with Gasteiger partial charge in [0.2, 0.25) is 5.95 Å². The number of tetrazole rings is 1. The molecule has 1 aliphatic carbocycles. The molecule has 0 amide bonds. The minimum absolute atomic E-state index is 0.0287. The summed E-state index contributed by atoms with van der Waals surface area (Å²) < 4.78 is 6.69. The monoisotopic (exact) mass is 302 g/mol. The van der Waals surface area contributed by atoms with Crippen molar-refractivity contribution in [1.82, 2.24) is 20.2 Å². The second-order valence-corrected chi connectivity index (χ2v) is 5.08. The van der Waals surface area contributed by atoms with Gasteiger partial charge >= 0.3 is 5.88 Å². The highest BCUT2D eigenvalue weighted by Crippen LogP contribution is 2.40. The summed E-state index contributed by atoms with van der Waals surface area (Å²) in [7, 11) is 0. The molecule has 22 heavy (non-hydrogen) atoms. The Kier molecular flexibility index (Phi) is 2.58. The van der Waals surface area contributed by atoms with Crippen LogP contribution in [0.3, 0.4) is 0 Å². The second-order valence-electron chi connectivity index (χ2n) is 5.08. The fourth-order valence-corrected chi connectivity index (χ4v) is 2.87. The summed E-state index contributed by atoms with van der Waals surface area (Å²) in [5.74, 6) is 0.245. The lowest BCUT2D eigenvalue weighted by atomic mass is 9.88. The minimum atomic E-state index is -0.678. The standard InChI is InChI=1S/C12H10N6O4/c19-7-3-1-2-6-10(7)11(17-12(13-6)14-15-16-17)8-4-5-9(22-8)18(20)21/h4-5,11H,1-3H2,(H,13,14,16). The first kappa shape index (κ1) is 12.7. The van der Waals surface area contributed by atoms with E-state index in [1.54, 1.807) is 0 Å². The third kappa shape index (κ3) is 1.73. The summed E-state index contributed by atoms with van der Waals surface area (Å²) in [5.41, 5.74) is 1.26. The highest BCUT2D eigenvalue weighted by atomic mass is 16.6. The largest absolute Gasteiger partial charge is 0.433 e. The maximum absolute atomic E-state index is 12.3. The molecule has 4 rings (SSSR count). The highest BCUT2D eigenvalue weighted by Gasteiger charge is 2.38. The van der Waals surface area contributed by atoms with Crippen molar-refractivity contribution >= 4 is 17.6 Å². The zero-order chi connectivity index (χ0) is 15.3. The van der Waals surface area contributed by atoms with Gasteiger partial charge in [0.25, 0.3) is 0 Å². The molecule has 2 aromatic rings. The Balaban J connectivity index is 1.88. The summed E-state index contributed by atoms with van der Waals surface area (Å²) in [5, 5.41) is 25.2. The third-order valence-electron chi connectivity index (χ3n) is 3.79. The predicted octanol–water partition coefficient (Wildman–Crippen LogP) is 1.20. The molecule has 1 aliphatic heterocycles. The van der Waals surface area contributed by atoms with Crippen molar-refractivity contribution in [2.75, 3.05) is 5.32 Å². The van der Waals surface area contributed by atoms with Crippen LogP contribution in [-0.2, 0) is 4.79 Å². The Hall–Kier alpha value is -3.04. The Morgan fingerprint density at radius 1 is 1.41 bits per heavy atom. The highest BCUT2D eigenvalue weighted by molar-refractivity contribution is 5.99. The van der Waals surface area contributed by atoms with Crippen LogP contribution in [0.4, 0.5) is 11.8 Å². The van der Waals surface area contributed by atoms with E-state index in [9.17, 15) is 14.9 Å². The summed E-state index contributed by atoms with van der Waals surface area (Å²) in [6.45, 7) is 0. The zero-order valence-electron chi connectivity index (χ0n) is 11.2. The van der Waals surface area contributed by atoms with Gasteiger partial charge in [-0.05, 0) is 29.3 Å². The number of furan rings is 1. The number of hydrogen-bond acceptors (Lipinski definition) is 8. The van der Waals surface area contributed by atoms with E-state index in [4.69, 9.17) is 4.42 Å². The molecule has 0 aromatic carbocycles. The van der Waals surface area contributed by atoms with Crippen LogP contribution in [0.5, 0.6) is 0 Å². The van der Waals surface area contributed by atoms with E-state index in [1.165, 1.54) is 16.8 Å². The van der Waals surface area contributed by atoms with Gasteiger partial charge in [-0.2, -0.15) is 4.68 Å². The number of nitrogens with one attached hydrogen (secondary N) is 1. The number of allylic oxidation sites excluding steroid dienone is 2. The Bertz CT molecular complexity index is 819. The van der Waals surface area contributed by atoms with Crippen molar-refractivity contribution in [3.05, 3.63) is 39.3 Å². The number of hydrogen-bond donors (Lipinski definition) is 1. The van der Waals surface area contributed by atoms with E-state index in [0.717, 1.165) is 12.1 Å². The molecule has 0 spiro atoms. The van der Waals surface area contributed by atoms with Gasteiger partial charge in [0, 0.05) is 17.7 Å². The molecule has 2 aliphatic rings. The average molecular weight is 302 g/mol.